The number of methoxy groups -OCH3 is 1. The van der Waals surface area contributed by atoms with Crippen LogP contribution in [-0.4, -0.2) is 75.7 Å². The fourth-order valence-corrected chi connectivity index (χ4v) is 5.71. The first-order valence-corrected chi connectivity index (χ1v) is 12.7. The summed E-state index contributed by atoms with van der Waals surface area (Å²) >= 11 is 0. The van der Waals surface area contributed by atoms with Crippen LogP contribution < -0.4 is 10.6 Å². The molecule has 0 unspecified atom stereocenters. The van der Waals surface area contributed by atoms with Gasteiger partial charge in [0, 0.05) is 56.5 Å². The highest BCUT2D eigenvalue weighted by molar-refractivity contribution is 6.02. The molecule has 0 amide bonds. The Morgan fingerprint density at radius 2 is 1.78 bits per heavy atom. The van der Waals surface area contributed by atoms with E-state index >= 15 is 0 Å². The first-order chi connectivity index (χ1) is 17.4. The van der Waals surface area contributed by atoms with E-state index in [2.05, 4.69) is 58.4 Å². The number of anilines is 1. The fraction of sp³-hybridized carbons (Fsp3) is 0.481. The lowest BCUT2D eigenvalue weighted by Crippen LogP contribution is -2.42. The molecule has 36 heavy (non-hydrogen) atoms. The van der Waals surface area contributed by atoms with Gasteiger partial charge in [-0.1, -0.05) is 6.07 Å². The van der Waals surface area contributed by atoms with Crippen molar-refractivity contribution in [2.45, 2.75) is 43.9 Å². The maximum atomic E-state index is 13.2. The second-order valence-electron chi connectivity index (χ2n) is 10.4. The van der Waals surface area contributed by atoms with Crippen LogP contribution in [0.5, 0.6) is 0 Å². The largest absolute Gasteiger partial charge is 0.381 e. The minimum absolute atomic E-state index is 0.0548. The van der Waals surface area contributed by atoms with Crippen molar-refractivity contribution >= 4 is 27.9 Å². The maximum Gasteiger partial charge on any atom is 0.330 e. The van der Waals surface area contributed by atoms with Gasteiger partial charge in [0.05, 0.1) is 11.6 Å². The predicted molar refractivity (Wildman–Crippen MR) is 141 cm³/mol. The first kappa shape index (κ1) is 23.1. The molecule has 0 N–H and O–H groups in total. The third-order valence-electron chi connectivity index (χ3n) is 8.14. The summed E-state index contributed by atoms with van der Waals surface area (Å²) in [7, 11) is 7.81. The Balaban J connectivity index is 1.35. The molecule has 1 saturated heterocycles. The third-order valence-corrected chi connectivity index (χ3v) is 8.14. The number of aryl methyl sites for hydroxylation is 1. The molecule has 1 aromatic carbocycles. The number of piperidine rings is 1. The molecule has 6 rings (SSSR count). The van der Waals surface area contributed by atoms with Crippen molar-refractivity contribution in [2.24, 2.45) is 7.05 Å². The molecule has 3 aromatic heterocycles. The van der Waals surface area contributed by atoms with E-state index in [1.54, 1.807) is 18.7 Å². The van der Waals surface area contributed by atoms with E-state index in [1.165, 1.54) is 0 Å². The molecule has 4 aromatic rings. The molecule has 9 heteroatoms. The molecule has 0 radical (unpaired) electrons. The van der Waals surface area contributed by atoms with E-state index in [9.17, 15) is 4.79 Å². The highest BCUT2D eigenvalue weighted by Gasteiger charge is 2.34. The van der Waals surface area contributed by atoms with Gasteiger partial charge in [0.15, 0.2) is 5.65 Å². The number of hydrogen-bond acceptors (Lipinski definition) is 7. The monoisotopic (exact) mass is 487 g/mol. The van der Waals surface area contributed by atoms with E-state index < -0.39 is 0 Å². The fourth-order valence-electron chi connectivity index (χ4n) is 5.71. The lowest BCUT2D eigenvalue weighted by atomic mass is 9.89. The van der Waals surface area contributed by atoms with Crippen LogP contribution >= 0.6 is 0 Å². The number of hydrogen-bond donors (Lipinski definition) is 0. The second kappa shape index (κ2) is 8.97. The highest BCUT2D eigenvalue weighted by Crippen LogP contribution is 2.37. The summed E-state index contributed by atoms with van der Waals surface area (Å²) in [5.74, 6) is 1.03. The van der Waals surface area contributed by atoms with Crippen LogP contribution in [-0.2, 0) is 11.8 Å². The molecule has 9 nitrogen and oxygen atoms in total. The van der Waals surface area contributed by atoms with Crippen molar-refractivity contribution in [1.29, 1.82) is 0 Å². The molecule has 2 aliphatic rings. The van der Waals surface area contributed by atoms with Crippen LogP contribution in [0.15, 0.2) is 41.3 Å². The molecule has 0 spiro atoms. The molecule has 2 fully saturated rings. The van der Waals surface area contributed by atoms with Crippen molar-refractivity contribution < 1.29 is 4.74 Å². The normalized spacial score (nSPS) is 21.0. The minimum atomic E-state index is -0.0548. The Morgan fingerprint density at radius 3 is 2.44 bits per heavy atom. The van der Waals surface area contributed by atoms with Crippen LogP contribution in [0.2, 0.25) is 0 Å². The van der Waals surface area contributed by atoms with Crippen molar-refractivity contribution in [3.05, 3.63) is 47.0 Å². The number of nitrogens with zero attached hydrogens (tertiary/aromatic N) is 7. The van der Waals surface area contributed by atoms with E-state index in [4.69, 9.17) is 9.72 Å². The Bertz CT molecular complexity index is 1460. The smallest absolute Gasteiger partial charge is 0.330 e. The van der Waals surface area contributed by atoms with Gasteiger partial charge in [-0.3, -0.25) is 9.13 Å². The zero-order chi connectivity index (χ0) is 25.0. The van der Waals surface area contributed by atoms with Crippen LogP contribution in [0.25, 0.3) is 33.2 Å². The SMILES string of the molecule is COC1CC(n2c(=O)n(C)c3nnc4ccc(-c5ccc(N6CCC(N(C)C)CC6)nc5)cc4c32)C1. The molecular weight excluding hydrogens is 454 g/mol. The summed E-state index contributed by atoms with van der Waals surface area (Å²) in [5.41, 5.74) is 4.28. The molecule has 1 aliphatic heterocycles. The highest BCUT2D eigenvalue weighted by atomic mass is 16.5. The zero-order valence-corrected chi connectivity index (χ0v) is 21.4. The summed E-state index contributed by atoms with van der Waals surface area (Å²) in [6.45, 7) is 2.05. The van der Waals surface area contributed by atoms with Crippen molar-refractivity contribution in [2.75, 3.05) is 39.2 Å². The van der Waals surface area contributed by atoms with E-state index in [-0.39, 0.29) is 17.8 Å². The van der Waals surface area contributed by atoms with Gasteiger partial charge < -0.3 is 14.5 Å². The van der Waals surface area contributed by atoms with Crippen LogP contribution in [0.4, 0.5) is 5.82 Å². The summed E-state index contributed by atoms with van der Waals surface area (Å²) in [6.07, 6.45) is 6.12. The van der Waals surface area contributed by atoms with Crippen molar-refractivity contribution in [3.63, 3.8) is 0 Å². The topological polar surface area (TPSA) is 81.3 Å². The van der Waals surface area contributed by atoms with Gasteiger partial charge in [0.1, 0.15) is 11.3 Å². The maximum absolute atomic E-state index is 13.2. The number of imidazole rings is 1. The van der Waals surface area contributed by atoms with Gasteiger partial charge in [0.2, 0.25) is 0 Å². The van der Waals surface area contributed by atoms with Gasteiger partial charge in [-0.05, 0) is 69.6 Å². The summed E-state index contributed by atoms with van der Waals surface area (Å²) < 4.78 is 8.96. The Labute approximate surface area is 210 Å². The minimum Gasteiger partial charge on any atom is -0.381 e. The average molecular weight is 488 g/mol. The lowest BCUT2D eigenvalue weighted by molar-refractivity contribution is 0.00635. The number of benzene rings is 1. The predicted octanol–water partition coefficient (Wildman–Crippen LogP) is 3.23. The van der Waals surface area contributed by atoms with Crippen molar-refractivity contribution in [3.8, 4) is 11.1 Å². The number of pyridine rings is 1. The Hall–Kier alpha value is -3.30. The van der Waals surface area contributed by atoms with E-state index in [1.807, 2.05) is 16.8 Å². The Kier molecular flexibility index (Phi) is 5.76. The zero-order valence-electron chi connectivity index (χ0n) is 21.4. The molecule has 0 bridgehead atoms. The molecule has 0 atom stereocenters. The lowest BCUT2D eigenvalue weighted by Gasteiger charge is -2.35. The Morgan fingerprint density at radius 1 is 1.03 bits per heavy atom. The average Bonchev–Trinajstić information content (AvgIpc) is 3.13. The summed E-state index contributed by atoms with van der Waals surface area (Å²) in [5, 5.41) is 9.74. The molecule has 4 heterocycles. The van der Waals surface area contributed by atoms with Crippen LogP contribution in [0, 0.1) is 0 Å². The first-order valence-electron chi connectivity index (χ1n) is 12.7. The van der Waals surface area contributed by atoms with Gasteiger partial charge in [-0.25, -0.2) is 9.78 Å². The van der Waals surface area contributed by atoms with Gasteiger partial charge in [-0.2, -0.15) is 0 Å². The molecular formula is C27H33N7O2. The summed E-state index contributed by atoms with van der Waals surface area (Å²) in [6, 6.07) is 11.2. The quantitative estimate of drug-likeness (QED) is 0.428. The van der Waals surface area contributed by atoms with Gasteiger partial charge >= 0.3 is 5.69 Å². The van der Waals surface area contributed by atoms with E-state index in [0.29, 0.717) is 11.7 Å². The van der Waals surface area contributed by atoms with Crippen LogP contribution in [0.1, 0.15) is 31.7 Å². The van der Waals surface area contributed by atoms with Crippen LogP contribution in [0.3, 0.4) is 0 Å². The number of fused-ring (bicyclic) bond motifs is 3. The van der Waals surface area contributed by atoms with Gasteiger partial charge in [-0.15, -0.1) is 10.2 Å². The number of ether oxygens (including phenoxy) is 1. The number of rotatable bonds is 5. The molecule has 1 aliphatic carbocycles. The number of aromatic nitrogens is 5. The molecule has 1 saturated carbocycles. The third kappa shape index (κ3) is 3.77. The van der Waals surface area contributed by atoms with Crippen molar-refractivity contribution in [1.82, 2.24) is 29.2 Å². The second-order valence-corrected chi connectivity index (χ2v) is 10.4. The summed E-state index contributed by atoms with van der Waals surface area (Å²) in [4.78, 5) is 22.7. The standard InChI is InChI=1S/C27H33N7O2/c1-31(2)19-9-11-33(12-10-19)24-8-6-18(16-28-24)17-5-7-23-22(13-17)25-26(30-29-23)32(3)27(35)34(25)20-14-21(15-20)36-4/h5-8,13,16,19-21H,9-12,14-15H2,1-4H3. The molecule has 188 valence electrons. The van der Waals surface area contributed by atoms with E-state index in [0.717, 1.165) is 72.1 Å². The van der Waals surface area contributed by atoms with Gasteiger partial charge in [0.25, 0.3) is 0 Å².